The van der Waals surface area contributed by atoms with Crippen molar-refractivity contribution in [2.24, 2.45) is 0 Å². The minimum Gasteiger partial charge on any atom is -0.485 e. The highest BCUT2D eigenvalue weighted by molar-refractivity contribution is 5.82. The first-order valence-electron chi connectivity index (χ1n) is 10.5. The Morgan fingerprint density at radius 2 is 1.73 bits per heavy atom. The highest BCUT2D eigenvalue weighted by atomic mass is 16.6. The maximum atomic E-state index is 12.8. The molecule has 7 nitrogen and oxygen atoms in total. The molecule has 4 rings (SSSR count). The first-order chi connectivity index (χ1) is 14.6. The Hall–Kier alpha value is -3.06. The summed E-state index contributed by atoms with van der Waals surface area (Å²) in [6.45, 7) is 5.32. The Kier molecular flexibility index (Phi) is 6.18. The lowest BCUT2D eigenvalue weighted by Crippen LogP contribution is -3.16. The van der Waals surface area contributed by atoms with Crippen LogP contribution >= 0.6 is 0 Å². The fourth-order valence-corrected chi connectivity index (χ4v) is 3.91. The van der Waals surface area contributed by atoms with Crippen molar-refractivity contribution in [3.05, 3.63) is 60.2 Å². The van der Waals surface area contributed by atoms with Crippen molar-refractivity contribution in [3.8, 4) is 11.5 Å². The monoisotopic (exact) mass is 410 g/mol. The van der Waals surface area contributed by atoms with Crippen molar-refractivity contribution in [2.45, 2.75) is 19.1 Å². The smallest absolute Gasteiger partial charge is 0.275 e. The van der Waals surface area contributed by atoms with E-state index in [1.54, 1.807) is 0 Å². The van der Waals surface area contributed by atoms with Gasteiger partial charge in [0.2, 0.25) is 6.10 Å². The number of rotatable bonds is 5. The highest BCUT2D eigenvalue weighted by Crippen LogP contribution is 2.31. The molecule has 7 heteroatoms. The predicted molar refractivity (Wildman–Crippen MR) is 111 cm³/mol. The zero-order chi connectivity index (χ0) is 20.9. The molecule has 30 heavy (non-hydrogen) atoms. The summed E-state index contributed by atoms with van der Waals surface area (Å²) in [6, 6.07) is 17.3. The van der Waals surface area contributed by atoms with Crippen LogP contribution in [0, 0.1) is 0 Å². The second-order valence-corrected chi connectivity index (χ2v) is 7.82. The van der Waals surface area contributed by atoms with Crippen LogP contribution in [0.2, 0.25) is 0 Å². The Morgan fingerprint density at radius 1 is 1.07 bits per heavy atom. The van der Waals surface area contributed by atoms with E-state index in [1.807, 2.05) is 66.4 Å². The number of hydrogen-bond acceptors (Lipinski definition) is 4. The van der Waals surface area contributed by atoms with Crippen molar-refractivity contribution in [1.29, 1.82) is 0 Å². The van der Waals surface area contributed by atoms with E-state index in [-0.39, 0.29) is 24.5 Å². The number of amides is 2. The van der Waals surface area contributed by atoms with Gasteiger partial charge in [0.05, 0.1) is 32.2 Å². The fourth-order valence-electron chi connectivity index (χ4n) is 3.91. The molecule has 2 aliphatic heterocycles. The van der Waals surface area contributed by atoms with Gasteiger partial charge in [-0.05, 0) is 24.6 Å². The Labute approximate surface area is 176 Å². The van der Waals surface area contributed by atoms with Gasteiger partial charge in [-0.25, -0.2) is 0 Å². The molecule has 0 saturated carbocycles. The Bertz CT molecular complexity index is 881. The van der Waals surface area contributed by atoms with Crippen molar-refractivity contribution in [2.75, 3.05) is 39.3 Å². The second-order valence-electron chi connectivity index (χ2n) is 7.82. The van der Waals surface area contributed by atoms with Crippen LogP contribution in [-0.4, -0.2) is 62.1 Å². The quantitative estimate of drug-likeness (QED) is 0.750. The van der Waals surface area contributed by atoms with E-state index in [4.69, 9.17) is 9.47 Å². The molecule has 0 unspecified atom stereocenters. The number of benzene rings is 2. The molecule has 0 spiro atoms. The normalized spacial score (nSPS) is 19.8. The van der Waals surface area contributed by atoms with Crippen LogP contribution in [-0.2, 0) is 9.59 Å². The zero-order valence-corrected chi connectivity index (χ0v) is 17.2. The van der Waals surface area contributed by atoms with Crippen molar-refractivity contribution in [1.82, 2.24) is 10.2 Å². The topological polar surface area (TPSA) is 72.3 Å². The van der Waals surface area contributed by atoms with Crippen LogP contribution in [0.25, 0.3) is 0 Å². The largest absolute Gasteiger partial charge is 0.485 e. The lowest BCUT2D eigenvalue weighted by molar-refractivity contribution is -0.896. The summed E-state index contributed by atoms with van der Waals surface area (Å²) in [4.78, 5) is 28.3. The Balaban J connectivity index is 1.23. The van der Waals surface area contributed by atoms with Gasteiger partial charge in [0.15, 0.2) is 18.0 Å². The summed E-state index contributed by atoms with van der Waals surface area (Å²) < 4.78 is 11.5. The van der Waals surface area contributed by atoms with Gasteiger partial charge in [-0.1, -0.05) is 42.5 Å². The van der Waals surface area contributed by atoms with Crippen LogP contribution < -0.4 is 19.7 Å². The lowest BCUT2D eigenvalue weighted by atomic mass is 10.1. The van der Waals surface area contributed by atoms with Crippen LogP contribution in [0.1, 0.15) is 18.5 Å². The summed E-state index contributed by atoms with van der Waals surface area (Å²) in [5.74, 6) is 1.26. The third-order valence-corrected chi connectivity index (χ3v) is 5.65. The number of piperazine rings is 1. The zero-order valence-electron chi connectivity index (χ0n) is 17.2. The minimum absolute atomic E-state index is 0.0210. The molecule has 2 amide bonds. The molecule has 0 aliphatic carbocycles. The second kappa shape index (κ2) is 9.17. The van der Waals surface area contributed by atoms with E-state index >= 15 is 0 Å². The van der Waals surface area contributed by atoms with E-state index in [0.29, 0.717) is 31.1 Å². The van der Waals surface area contributed by atoms with Crippen LogP contribution in [0.4, 0.5) is 0 Å². The van der Waals surface area contributed by atoms with E-state index in [9.17, 15) is 9.59 Å². The lowest BCUT2D eigenvalue weighted by Gasteiger charge is -2.35. The summed E-state index contributed by atoms with van der Waals surface area (Å²) >= 11 is 0. The standard InChI is InChI=1S/C23H27N3O4/c1-17(18-7-3-2-4-8-18)24-22(27)15-25-11-13-26(14-12-25)23(28)21-16-29-19-9-5-6-10-20(19)30-21/h2-10,17,21H,11-16H2,1H3,(H,24,27)/p+1/t17-,21+/m0/s1. The molecule has 1 fully saturated rings. The van der Waals surface area contributed by atoms with E-state index in [0.717, 1.165) is 18.7 Å². The van der Waals surface area contributed by atoms with Gasteiger partial charge in [-0.15, -0.1) is 0 Å². The van der Waals surface area contributed by atoms with Crippen molar-refractivity contribution < 1.29 is 24.0 Å². The predicted octanol–water partition coefficient (Wildman–Crippen LogP) is 0.431. The molecule has 2 N–H and O–H groups in total. The number of carbonyl (C=O) groups is 2. The first-order valence-corrected chi connectivity index (χ1v) is 10.5. The average Bonchev–Trinajstić information content (AvgIpc) is 2.79. The third-order valence-electron chi connectivity index (χ3n) is 5.65. The molecule has 2 atom stereocenters. The van der Waals surface area contributed by atoms with Gasteiger partial charge in [-0.2, -0.15) is 0 Å². The summed E-state index contributed by atoms with van der Waals surface area (Å²) in [7, 11) is 0. The summed E-state index contributed by atoms with van der Waals surface area (Å²) in [5, 5.41) is 3.06. The maximum absolute atomic E-state index is 12.8. The number of hydrogen-bond donors (Lipinski definition) is 2. The molecular formula is C23H28N3O4+. The summed E-state index contributed by atoms with van der Waals surface area (Å²) in [6.07, 6.45) is -0.614. The average molecular weight is 410 g/mol. The van der Waals surface area contributed by atoms with Gasteiger partial charge in [0.25, 0.3) is 11.8 Å². The molecule has 2 aromatic carbocycles. The molecule has 158 valence electrons. The number of nitrogens with one attached hydrogen (secondary N) is 2. The minimum atomic E-state index is -0.614. The number of quaternary nitrogens is 1. The van der Waals surface area contributed by atoms with Crippen molar-refractivity contribution in [3.63, 3.8) is 0 Å². The van der Waals surface area contributed by atoms with Crippen LogP contribution in [0.15, 0.2) is 54.6 Å². The molecule has 0 bridgehead atoms. The SMILES string of the molecule is C[C@H](NC(=O)C[NH+]1CCN(C(=O)[C@H]2COc3ccccc3O2)CC1)c1ccccc1. The summed E-state index contributed by atoms with van der Waals surface area (Å²) in [5.41, 5.74) is 1.09. The number of carbonyl (C=O) groups excluding carboxylic acids is 2. The van der Waals surface area contributed by atoms with Gasteiger partial charge in [0.1, 0.15) is 6.61 Å². The number of para-hydroxylation sites is 2. The number of fused-ring (bicyclic) bond motifs is 1. The van der Waals surface area contributed by atoms with Gasteiger partial charge >= 0.3 is 0 Å². The van der Waals surface area contributed by atoms with E-state index in [1.165, 1.54) is 4.90 Å². The van der Waals surface area contributed by atoms with Crippen LogP contribution in [0.5, 0.6) is 11.5 Å². The number of nitrogens with zero attached hydrogens (tertiary/aromatic N) is 1. The molecule has 1 saturated heterocycles. The highest BCUT2D eigenvalue weighted by Gasteiger charge is 2.34. The number of ether oxygens (including phenoxy) is 2. The fraction of sp³-hybridized carbons (Fsp3) is 0.391. The van der Waals surface area contributed by atoms with E-state index < -0.39 is 6.10 Å². The molecular weight excluding hydrogens is 382 g/mol. The third kappa shape index (κ3) is 4.74. The molecule has 2 heterocycles. The molecule has 2 aliphatic rings. The maximum Gasteiger partial charge on any atom is 0.275 e. The van der Waals surface area contributed by atoms with Crippen LogP contribution in [0.3, 0.4) is 0 Å². The van der Waals surface area contributed by atoms with Gasteiger partial charge in [-0.3, -0.25) is 9.59 Å². The first kappa shape index (κ1) is 20.2. The van der Waals surface area contributed by atoms with Crippen molar-refractivity contribution >= 4 is 11.8 Å². The van der Waals surface area contributed by atoms with Gasteiger partial charge in [0, 0.05) is 0 Å². The Morgan fingerprint density at radius 3 is 2.47 bits per heavy atom. The molecule has 0 aromatic heterocycles. The van der Waals surface area contributed by atoms with Gasteiger partial charge < -0.3 is 24.6 Å². The van der Waals surface area contributed by atoms with E-state index in [2.05, 4.69) is 5.32 Å². The molecule has 0 radical (unpaired) electrons. The molecule has 2 aromatic rings.